The van der Waals surface area contributed by atoms with Gasteiger partial charge in [0.15, 0.2) is 0 Å². The number of amides is 1. The summed E-state index contributed by atoms with van der Waals surface area (Å²) in [7, 11) is 0. The van der Waals surface area contributed by atoms with Crippen LogP contribution in [0.1, 0.15) is 24.8 Å². The number of hydrogen-bond acceptors (Lipinski definition) is 2. The molecule has 4 heteroatoms. The van der Waals surface area contributed by atoms with Gasteiger partial charge in [-0.3, -0.25) is 4.79 Å². The van der Waals surface area contributed by atoms with Gasteiger partial charge in [-0.1, -0.05) is 12.1 Å². The molecule has 94 valence electrons. The second-order valence-corrected chi connectivity index (χ2v) is 4.25. The lowest BCUT2D eigenvalue weighted by atomic mass is 10.1. The topological polar surface area (TPSA) is 49.3 Å². The summed E-state index contributed by atoms with van der Waals surface area (Å²) in [6.45, 7) is 0.187. The van der Waals surface area contributed by atoms with Gasteiger partial charge in [-0.15, -0.1) is 11.6 Å². The van der Waals surface area contributed by atoms with E-state index in [4.69, 9.17) is 16.7 Å². The van der Waals surface area contributed by atoms with E-state index >= 15 is 0 Å². The first-order valence-corrected chi connectivity index (χ1v) is 6.35. The Morgan fingerprint density at radius 3 is 2.88 bits per heavy atom. The van der Waals surface area contributed by atoms with Gasteiger partial charge in [0.1, 0.15) is 0 Å². The number of anilines is 1. The van der Waals surface area contributed by atoms with Crippen molar-refractivity contribution in [2.24, 2.45) is 0 Å². The number of carbonyl (C=O) groups is 1. The molecule has 0 fully saturated rings. The Bertz CT molecular complexity index is 355. The third-order valence-corrected chi connectivity index (χ3v) is 2.64. The van der Waals surface area contributed by atoms with Gasteiger partial charge in [0, 0.05) is 24.6 Å². The van der Waals surface area contributed by atoms with E-state index in [0.717, 1.165) is 24.1 Å². The molecule has 17 heavy (non-hydrogen) atoms. The monoisotopic (exact) mass is 255 g/mol. The number of halogens is 1. The first kappa shape index (κ1) is 14.0. The summed E-state index contributed by atoms with van der Waals surface area (Å²) in [5, 5.41) is 11.6. The van der Waals surface area contributed by atoms with Crippen molar-refractivity contribution in [1.29, 1.82) is 0 Å². The van der Waals surface area contributed by atoms with E-state index in [2.05, 4.69) is 5.32 Å². The van der Waals surface area contributed by atoms with Gasteiger partial charge < -0.3 is 10.4 Å². The number of carbonyl (C=O) groups excluding carboxylic acids is 1. The maximum Gasteiger partial charge on any atom is 0.224 e. The number of aliphatic hydroxyl groups is 1. The molecule has 0 saturated heterocycles. The zero-order chi connectivity index (χ0) is 12.5. The van der Waals surface area contributed by atoms with Gasteiger partial charge in [-0.2, -0.15) is 0 Å². The van der Waals surface area contributed by atoms with Crippen molar-refractivity contribution >= 4 is 23.2 Å². The van der Waals surface area contributed by atoms with E-state index in [1.807, 2.05) is 24.3 Å². The molecule has 1 aromatic rings. The summed E-state index contributed by atoms with van der Waals surface area (Å²) >= 11 is 5.53. The van der Waals surface area contributed by atoms with Gasteiger partial charge in [0.25, 0.3) is 0 Å². The van der Waals surface area contributed by atoms with Crippen LogP contribution in [0.2, 0.25) is 0 Å². The summed E-state index contributed by atoms with van der Waals surface area (Å²) in [4.78, 5) is 11.5. The molecule has 0 saturated carbocycles. The number of hydrogen-bond donors (Lipinski definition) is 2. The van der Waals surface area contributed by atoms with E-state index in [1.165, 1.54) is 0 Å². The Balaban J connectivity index is 2.50. The Hall–Kier alpha value is -1.06. The van der Waals surface area contributed by atoms with Crippen LogP contribution in [0.5, 0.6) is 0 Å². The molecular weight excluding hydrogens is 238 g/mol. The molecule has 0 atom stereocenters. The van der Waals surface area contributed by atoms with E-state index in [9.17, 15) is 4.79 Å². The average Bonchev–Trinajstić information content (AvgIpc) is 2.34. The molecule has 2 N–H and O–H groups in total. The lowest BCUT2D eigenvalue weighted by Gasteiger charge is -2.06. The average molecular weight is 256 g/mol. The van der Waals surface area contributed by atoms with Crippen LogP contribution in [0.4, 0.5) is 5.69 Å². The van der Waals surface area contributed by atoms with E-state index in [0.29, 0.717) is 18.7 Å². The number of rotatable bonds is 7. The van der Waals surface area contributed by atoms with E-state index in [1.54, 1.807) is 0 Å². The molecule has 0 aromatic heterocycles. The minimum atomic E-state index is -0.00930. The van der Waals surface area contributed by atoms with Crippen LogP contribution in [0.3, 0.4) is 0 Å². The van der Waals surface area contributed by atoms with Crippen molar-refractivity contribution in [2.75, 3.05) is 17.8 Å². The van der Waals surface area contributed by atoms with Crippen molar-refractivity contribution in [1.82, 2.24) is 0 Å². The highest BCUT2D eigenvalue weighted by Crippen LogP contribution is 2.12. The highest BCUT2D eigenvalue weighted by Gasteiger charge is 2.02. The SMILES string of the molecule is O=C(CCCCl)Nc1cccc(CCCO)c1. The summed E-state index contributed by atoms with van der Waals surface area (Å²) in [5.41, 5.74) is 1.93. The van der Waals surface area contributed by atoms with Gasteiger partial charge in [0.2, 0.25) is 5.91 Å². The molecule has 0 aliphatic rings. The third-order valence-electron chi connectivity index (χ3n) is 2.37. The molecular formula is C13H18ClNO2. The second kappa shape index (κ2) is 8.09. The highest BCUT2D eigenvalue weighted by molar-refractivity contribution is 6.18. The molecule has 1 aromatic carbocycles. The van der Waals surface area contributed by atoms with Crippen LogP contribution in [-0.2, 0) is 11.2 Å². The van der Waals surface area contributed by atoms with Crippen LogP contribution in [-0.4, -0.2) is 23.5 Å². The zero-order valence-electron chi connectivity index (χ0n) is 9.79. The maximum atomic E-state index is 11.5. The molecule has 0 spiro atoms. The standard InChI is InChI=1S/C13H18ClNO2/c14-8-2-7-13(17)15-12-6-1-4-11(10-12)5-3-9-16/h1,4,6,10,16H,2-3,5,7-9H2,(H,15,17). The first-order valence-electron chi connectivity index (χ1n) is 5.82. The Kier molecular flexibility index (Phi) is 6.67. The van der Waals surface area contributed by atoms with E-state index in [-0.39, 0.29) is 12.5 Å². The highest BCUT2D eigenvalue weighted by atomic mass is 35.5. The molecule has 0 unspecified atom stereocenters. The fourth-order valence-electron chi connectivity index (χ4n) is 1.54. The number of benzene rings is 1. The molecule has 0 bridgehead atoms. The molecule has 0 aliphatic heterocycles. The van der Waals surface area contributed by atoms with Gasteiger partial charge in [-0.05, 0) is 37.0 Å². The van der Waals surface area contributed by atoms with E-state index < -0.39 is 0 Å². The van der Waals surface area contributed by atoms with Crippen LogP contribution < -0.4 is 5.32 Å². The van der Waals surface area contributed by atoms with Crippen molar-refractivity contribution in [2.45, 2.75) is 25.7 Å². The number of aryl methyl sites for hydroxylation is 1. The zero-order valence-corrected chi connectivity index (χ0v) is 10.5. The predicted molar refractivity (Wildman–Crippen MR) is 70.4 cm³/mol. The summed E-state index contributed by atoms with van der Waals surface area (Å²) in [6.07, 6.45) is 2.70. The number of alkyl halides is 1. The van der Waals surface area contributed by atoms with Gasteiger partial charge in [-0.25, -0.2) is 0 Å². The van der Waals surface area contributed by atoms with Crippen LogP contribution in [0.15, 0.2) is 24.3 Å². The lowest BCUT2D eigenvalue weighted by molar-refractivity contribution is -0.116. The maximum absolute atomic E-state index is 11.5. The Labute approximate surface area is 107 Å². The van der Waals surface area contributed by atoms with Crippen LogP contribution in [0.25, 0.3) is 0 Å². The molecule has 1 amide bonds. The molecule has 0 aliphatic carbocycles. The first-order chi connectivity index (χ1) is 8.26. The van der Waals surface area contributed by atoms with Crippen LogP contribution in [0, 0.1) is 0 Å². The number of nitrogens with one attached hydrogen (secondary N) is 1. The number of aliphatic hydroxyl groups excluding tert-OH is 1. The van der Waals surface area contributed by atoms with Crippen LogP contribution >= 0.6 is 11.6 Å². The van der Waals surface area contributed by atoms with Crippen molar-refractivity contribution in [3.63, 3.8) is 0 Å². The molecule has 1 rings (SSSR count). The predicted octanol–water partition coefficient (Wildman–Crippen LogP) is 2.57. The molecule has 0 heterocycles. The largest absolute Gasteiger partial charge is 0.396 e. The minimum absolute atomic E-state index is 0.00930. The third kappa shape index (κ3) is 5.71. The molecule has 0 radical (unpaired) electrons. The van der Waals surface area contributed by atoms with Crippen molar-refractivity contribution in [3.8, 4) is 0 Å². The summed E-state index contributed by atoms with van der Waals surface area (Å²) in [5.74, 6) is 0.495. The van der Waals surface area contributed by atoms with Crippen molar-refractivity contribution < 1.29 is 9.90 Å². The Morgan fingerprint density at radius 2 is 2.18 bits per heavy atom. The normalized spacial score (nSPS) is 10.2. The smallest absolute Gasteiger partial charge is 0.224 e. The second-order valence-electron chi connectivity index (χ2n) is 3.87. The summed E-state index contributed by atoms with van der Waals surface area (Å²) < 4.78 is 0. The fourth-order valence-corrected chi connectivity index (χ4v) is 1.67. The lowest BCUT2D eigenvalue weighted by Crippen LogP contribution is -2.11. The summed E-state index contributed by atoms with van der Waals surface area (Å²) in [6, 6.07) is 7.70. The fraction of sp³-hybridized carbons (Fsp3) is 0.462. The Morgan fingerprint density at radius 1 is 1.35 bits per heavy atom. The van der Waals surface area contributed by atoms with Crippen molar-refractivity contribution in [3.05, 3.63) is 29.8 Å². The van der Waals surface area contributed by atoms with Gasteiger partial charge >= 0.3 is 0 Å². The van der Waals surface area contributed by atoms with Gasteiger partial charge in [0.05, 0.1) is 0 Å². The quantitative estimate of drug-likeness (QED) is 0.736. The minimum Gasteiger partial charge on any atom is -0.396 e. The molecule has 3 nitrogen and oxygen atoms in total.